The molecule has 3 N–H and O–H groups in total. The van der Waals surface area contributed by atoms with Crippen LogP contribution in [-0.2, 0) is 26.3 Å². The molecular formula is C11H18N2O4S2. The van der Waals surface area contributed by atoms with Crippen LogP contribution in [0.1, 0.15) is 12.5 Å². The van der Waals surface area contributed by atoms with Crippen LogP contribution in [0.15, 0.2) is 23.1 Å². The van der Waals surface area contributed by atoms with E-state index < -0.39 is 19.9 Å². The van der Waals surface area contributed by atoms with Gasteiger partial charge in [-0.1, -0.05) is 13.0 Å². The fourth-order valence-corrected chi connectivity index (χ4v) is 3.18. The zero-order valence-corrected chi connectivity index (χ0v) is 12.5. The molecule has 0 aliphatic rings. The van der Waals surface area contributed by atoms with Crippen LogP contribution in [0.25, 0.3) is 0 Å². The molecule has 0 unspecified atom stereocenters. The zero-order chi connectivity index (χ0) is 14.7. The Bertz CT molecular complexity index is 651. The second kappa shape index (κ2) is 5.89. The Kier molecular flexibility index (Phi) is 4.94. The number of sulfonamides is 1. The molecule has 0 aliphatic heterocycles. The molecule has 0 bridgehead atoms. The van der Waals surface area contributed by atoms with E-state index in [9.17, 15) is 16.8 Å². The molecule has 0 atom stereocenters. The van der Waals surface area contributed by atoms with Crippen molar-refractivity contribution in [2.24, 2.45) is 0 Å². The predicted molar refractivity (Wildman–Crippen MR) is 75.1 cm³/mol. The first kappa shape index (κ1) is 15.9. The molecule has 0 saturated carbocycles. The van der Waals surface area contributed by atoms with E-state index >= 15 is 0 Å². The Morgan fingerprint density at radius 3 is 2.32 bits per heavy atom. The van der Waals surface area contributed by atoms with E-state index in [2.05, 4.69) is 4.72 Å². The molecular weight excluding hydrogens is 288 g/mol. The Labute approximate surface area is 114 Å². The quantitative estimate of drug-likeness (QED) is 0.728. The van der Waals surface area contributed by atoms with Crippen LogP contribution in [0.3, 0.4) is 0 Å². The Morgan fingerprint density at radius 2 is 1.84 bits per heavy atom. The molecule has 0 fully saturated rings. The van der Waals surface area contributed by atoms with Crippen LogP contribution < -0.4 is 10.5 Å². The fourth-order valence-electron chi connectivity index (χ4n) is 1.51. The molecule has 108 valence electrons. The van der Waals surface area contributed by atoms with Crippen LogP contribution in [-0.4, -0.2) is 35.4 Å². The fraction of sp³-hybridized carbons (Fsp3) is 0.455. The van der Waals surface area contributed by atoms with Gasteiger partial charge in [-0.3, -0.25) is 0 Å². The monoisotopic (exact) mass is 306 g/mol. The minimum absolute atomic E-state index is 0.0377. The summed E-state index contributed by atoms with van der Waals surface area (Å²) in [5, 5.41) is 0. The van der Waals surface area contributed by atoms with Crippen LogP contribution in [0.5, 0.6) is 0 Å². The lowest BCUT2D eigenvalue weighted by atomic mass is 10.1. The van der Waals surface area contributed by atoms with Crippen molar-refractivity contribution in [3.63, 3.8) is 0 Å². The summed E-state index contributed by atoms with van der Waals surface area (Å²) in [7, 11) is -6.92. The maximum absolute atomic E-state index is 11.9. The lowest BCUT2D eigenvalue weighted by molar-refractivity contribution is 0.582. The lowest BCUT2D eigenvalue weighted by Crippen LogP contribution is -2.29. The number of aryl methyl sites for hydroxylation is 1. The van der Waals surface area contributed by atoms with E-state index in [4.69, 9.17) is 5.73 Å². The summed E-state index contributed by atoms with van der Waals surface area (Å²) in [5.74, 6) is -0.241. The largest absolute Gasteiger partial charge is 0.398 e. The highest BCUT2D eigenvalue weighted by Crippen LogP contribution is 2.18. The molecule has 1 aromatic rings. The maximum atomic E-state index is 11.9. The van der Waals surface area contributed by atoms with Gasteiger partial charge in [0.15, 0.2) is 0 Å². The van der Waals surface area contributed by atoms with Gasteiger partial charge in [0.05, 0.1) is 10.6 Å². The van der Waals surface area contributed by atoms with Crippen molar-refractivity contribution < 1.29 is 16.8 Å². The molecule has 0 spiro atoms. The van der Waals surface area contributed by atoms with Gasteiger partial charge in [-0.25, -0.2) is 21.6 Å². The average molecular weight is 306 g/mol. The van der Waals surface area contributed by atoms with Crippen LogP contribution in [0, 0.1) is 0 Å². The van der Waals surface area contributed by atoms with E-state index in [-0.39, 0.29) is 17.2 Å². The van der Waals surface area contributed by atoms with Gasteiger partial charge in [0.2, 0.25) is 10.0 Å². The zero-order valence-electron chi connectivity index (χ0n) is 10.9. The average Bonchev–Trinajstić information content (AvgIpc) is 2.26. The predicted octanol–water partition coefficient (Wildman–Crippen LogP) is 0.154. The van der Waals surface area contributed by atoms with Crippen LogP contribution >= 0.6 is 0 Å². The van der Waals surface area contributed by atoms with Gasteiger partial charge in [-0.15, -0.1) is 0 Å². The van der Waals surface area contributed by atoms with Crippen molar-refractivity contribution in [3.8, 4) is 0 Å². The summed E-state index contributed by atoms with van der Waals surface area (Å²) in [5.41, 5.74) is 7.02. The van der Waals surface area contributed by atoms with E-state index in [1.54, 1.807) is 6.07 Å². The molecule has 0 radical (unpaired) electrons. The number of rotatable bonds is 6. The summed E-state index contributed by atoms with van der Waals surface area (Å²) in [6, 6.07) is 4.49. The number of anilines is 1. The number of hydrogen-bond donors (Lipinski definition) is 2. The summed E-state index contributed by atoms with van der Waals surface area (Å²) in [6.45, 7) is 1.76. The number of sulfone groups is 1. The summed E-state index contributed by atoms with van der Waals surface area (Å²) < 4.78 is 47.9. The minimum atomic E-state index is -3.72. The van der Waals surface area contributed by atoms with E-state index in [0.29, 0.717) is 12.1 Å². The molecule has 0 heterocycles. The normalized spacial score (nSPS) is 12.5. The minimum Gasteiger partial charge on any atom is -0.398 e. The third kappa shape index (κ3) is 4.81. The Morgan fingerprint density at radius 1 is 1.21 bits per heavy atom. The third-order valence-corrected chi connectivity index (χ3v) is 4.98. The van der Waals surface area contributed by atoms with Gasteiger partial charge < -0.3 is 5.73 Å². The van der Waals surface area contributed by atoms with E-state index in [1.807, 2.05) is 6.92 Å². The first-order chi connectivity index (χ1) is 8.65. The number of hydrogen-bond acceptors (Lipinski definition) is 5. The third-order valence-electron chi connectivity index (χ3n) is 2.57. The van der Waals surface area contributed by atoms with Crippen LogP contribution in [0.4, 0.5) is 5.69 Å². The summed E-state index contributed by atoms with van der Waals surface area (Å²) in [6.07, 6.45) is 1.77. The van der Waals surface area contributed by atoms with Crippen molar-refractivity contribution in [2.75, 3.05) is 24.3 Å². The smallest absolute Gasteiger partial charge is 0.240 e. The standard InChI is InChI=1S/C11H18N2O4S2/c1-3-9-4-5-10(8-11(9)12)19(16,17)13-6-7-18(2,14)15/h4-5,8,13H,3,6-7,12H2,1-2H3. The van der Waals surface area contributed by atoms with Gasteiger partial charge in [0.25, 0.3) is 0 Å². The van der Waals surface area contributed by atoms with Crippen molar-refractivity contribution in [1.29, 1.82) is 0 Å². The highest BCUT2D eigenvalue weighted by molar-refractivity contribution is 7.91. The molecule has 0 aliphatic carbocycles. The van der Waals surface area contributed by atoms with Crippen molar-refractivity contribution in [1.82, 2.24) is 4.72 Å². The molecule has 0 aromatic heterocycles. The highest BCUT2D eigenvalue weighted by atomic mass is 32.2. The Balaban J connectivity index is 2.86. The SMILES string of the molecule is CCc1ccc(S(=O)(=O)NCCS(C)(=O)=O)cc1N. The molecule has 1 aromatic carbocycles. The molecule has 8 heteroatoms. The number of nitrogen functional groups attached to an aromatic ring is 1. The lowest BCUT2D eigenvalue weighted by Gasteiger charge is -2.09. The topological polar surface area (TPSA) is 106 Å². The number of nitrogens with two attached hydrogens (primary N) is 1. The van der Waals surface area contributed by atoms with Gasteiger partial charge in [0, 0.05) is 18.5 Å². The molecule has 1 rings (SSSR count). The molecule has 0 saturated heterocycles. The van der Waals surface area contributed by atoms with Crippen molar-refractivity contribution in [2.45, 2.75) is 18.2 Å². The number of nitrogens with one attached hydrogen (secondary N) is 1. The van der Waals surface area contributed by atoms with Crippen LogP contribution in [0.2, 0.25) is 0 Å². The first-order valence-electron chi connectivity index (χ1n) is 5.71. The maximum Gasteiger partial charge on any atom is 0.240 e. The second-order valence-electron chi connectivity index (χ2n) is 4.24. The summed E-state index contributed by atoms with van der Waals surface area (Å²) in [4.78, 5) is 0.0377. The highest BCUT2D eigenvalue weighted by Gasteiger charge is 2.15. The number of benzene rings is 1. The van der Waals surface area contributed by atoms with E-state index in [1.165, 1.54) is 12.1 Å². The van der Waals surface area contributed by atoms with Gasteiger partial charge in [-0.2, -0.15) is 0 Å². The Hall–Kier alpha value is -1.12. The van der Waals surface area contributed by atoms with Gasteiger partial charge >= 0.3 is 0 Å². The first-order valence-corrected chi connectivity index (χ1v) is 9.26. The molecule has 6 nitrogen and oxygen atoms in total. The van der Waals surface area contributed by atoms with Crippen molar-refractivity contribution >= 4 is 25.5 Å². The molecule has 0 amide bonds. The summed E-state index contributed by atoms with van der Waals surface area (Å²) >= 11 is 0. The van der Waals surface area contributed by atoms with Gasteiger partial charge in [0.1, 0.15) is 9.84 Å². The molecule has 19 heavy (non-hydrogen) atoms. The van der Waals surface area contributed by atoms with Gasteiger partial charge in [-0.05, 0) is 24.1 Å². The second-order valence-corrected chi connectivity index (χ2v) is 8.27. The van der Waals surface area contributed by atoms with E-state index in [0.717, 1.165) is 11.8 Å². The van der Waals surface area contributed by atoms with Crippen molar-refractivity contribution in [3.05, 3.63) is 23.8 Å².